The van der Waals surface area contributed by atoms with Crippen LogP contribution in [0.4, 0.5) is 0 Å². The van der Waals surface area contributed by atoms with Gasteiger partial charge < -0.3 is 4.74 Å². The Bertz CT molecular complexity index is 554. The Balaban J connectivity index is 2.39. The molecule has 1 unspecified atom stereocenters. The molecular weight excluding hydrogens is 248 g/mol. The minimum atomic E-state index is -0.0667. The van der Waals surface area contributed by atoms with Crippen molar-refractivity contribution in [1.82, 2.24) is 5.43 Å². The highest BCUT2D eigenvalue weighted by Gasteiger charge is 2.16. The molecule has 2 aromatic rings. The molecular formula is C17H22N2O. The maximum absolute atomic E-state index is 5.78. The molecule has 0 aromatic heterocycles. The highest BCUT2D eigenvalue weighted by Crippen LogP contribution is 2.29. The van der Waals surface area contributed by atoms with Gasteiger partial charge >= 0.3 is 0 Å². The summed E-state index contributed by atoms with van der Waals surface area (Å²) in [4.78, 5) is 0. The van der Waals surface area contributed by atoms with E-state index >= 15 is 0 Å². The monoisotopic (exact) mass is 270 g/mol. The van der Waals surface area contributed by atoms with Gasteiger partial charge in [0.15, 0.2) is 0 Å². The molecule has 3 heteroatoms. The first-order chi connectivity index (χ1) is 9.80. The summed E-state index contributed by atoms with van der Waals surface area (Å²) in [5.41, 5.74) is 6.44. The van der Waals surface area contributed by atoms with Crippen LogP contribution in [0.2, 0.25) is 0 Å². The molecule has 0 radical (unpaired) electrons. The Morgan fingerprint density at radius 1 is 1.15 bits per heavy atom. The third-order valence-electron chi connectivity index (χ3n) is 3.44. The van der Waals surface area contributed by atoms with Gasteiger partial charge in [0, 0.05) is 5.56 Å². The van der Waals surface area contributed by atoms with E-state index in [9.17, 15) is 0 Å². The number of hydrogen-bond donors (Lipinski definition) is 2. The fraction of sp³-hybridized carbons (Fsp3) is 0.294. The summed E-state index contributed by atoms with van der Waals surface area (Å²) in [5.74, 6) is 6.62. The van der Waals surface area contributed by atoms with Crippen molar-refractivity contribution in [2.45, 2.75) is 25.8 Å². The third kappa shape index (κ3) is 3.18. The van der Waals surface area contributed by atoms with Crippen molar-refractivity contribution in [3.63, 3.8) is 0 Å². The van der Waals surface area contributed by atoms with Crippen LogP contribution in [0.1, 0.15) is 36.1 Å². The van der Waals surface area contributed by atoms with Gasteiger partial charge in [-0.2, -0.15) is 0 Å². The van der Waals surface area contributed by atoms with Gasteiger partial charge in [-0.15, -0.1) is 0 Å². The molecule has 0 spiro atoms. The molecule has 0 fully saturated rings. The summed E-state index contributed by atoms with van der Waals surface area (Å²) in [6.45, 7) is 2.19. The molecule has 1 atom stereocenters. The van der Waals surface area contributed by atoms with E-state index in [-0.39, 0.29) is 6.04 Å². The number of ether oxygens (including phenoxy) is 1. The fourth-order valence-corrected chi connectivity index (χ4v) is 2.49. The summed E-state index contributed by atoms with van der Waals surface area (Å²) in [7, 11) is 1.68. The van der Waals surface area contributed by atoms with E-state index in [2.05, 4.69) is 36.6 Å². The van der Waals surface area contributed by atoms with Crippen molar-refractivity contribution in [2.75, 3.05) is 7.11 Å². The number of aryl methyl sites for hydroxylation is 1. The standard InChI is InChI=1S/C17H22N2O/c1-3-7-13-8-6-9-14(12-13)17(19-18)15-10-4-5-11-16(15)20-2/h4-6,8-12,17,19H,3,7,18H2,1-2H3. The smallest absolute Gasteiger partial charge is 0.124 e. The van der Waals surface area contributed by atoms with Gasteiger partial charge in [0.25, 0.3) is 0 Å². The van der Waals surface area contributed by atoms with Crippen LogP contribution in [0.15, 0.2) is 48.5 Å². The van der Waals surface area contributed by atoms with Gasteiger partial charge in [-0.3, -0.25) is 5.84 Å². The number of nitrogens with two attached hydrogens (primary N) is 1. The van der Waals surface area contributed by atoms with E-state index in [1.54, 1.807) is 7.11 Å². The summed E-state index contributed by atoms with van der Waals surface area (Å²) < 4.78 is 5.43. The number of nitrogens with one attached hydrogen (secondary N) is 1. The largest absolute Gasteiger partial charge is 0.496 e. The van der Waals surface area contributed by atoms with Crippen molar-refractivity contribution in [3.8, 4) is 5.75 Å². The van der Waals surface area contributed by atoms with Crippen molar-refractivity contribution in [1.29, 1.82) is 0 Å². The third-order valence-corrected chi connectivity index (χ3v) is 3.44. The molecule has 3 N–H and O–H groups in total. The molecule has 0 aliphatic carbocycles. The SMILES string of the molecule is CCCc1cccc(C(NN)c2ccccc2OC)c1. The van der Waals surface area contributed by atoms with E-state index in [1.807, 2.05) is 24.3 Å². The normalized spacial score (nSPS) is 12.2. The average molecular weight is 270 g/mol. The zero-order valence-electron chi connectivity index (χ0n) is 12.1. The van der Waals surface area contributed by atoms with Crippen LogP contribution in [-0.4, -0.2) is 7.11 Å². The zero-order valence-corrected chi connectivity index (χ0v) is 12.1. The lowest BCUT2D eigenvalue weighted by Gasteiger charge is -2.20. The number of hydrazine groups is 1. The molecule has 0 saturated carbocycles. The maximum atomic E-state index is 5.78. The number of benzene rings is 2. The minimum absolute atomic E-state index is 0.0667. The Kier molecular flexibility index (Phi) is 5.16. The molecule has 0 aliphatic heterocycles. The molecule has 106 valence electrons. The van der Waals surface area contributed by atoms with Crippen LogP contribution in [0.5, 0.6) is 5.75 Å². The second-order valence-corrected chi connectivity index (χ2v) is 4.84. The van der Waals surface area contributed by atoms with Crippen molar-refractivity contribution < 1.29 is 4.74 Å². The lowest BCUT2D eigenvalue weighted by molar-refractivity contribution is 0.404. The van der Waals surface area contributed by atoms with Gasteiger partial charge in [-0.25, -0.2) is 5.43 Å². The topological polar surface area (TPSA) is 47.3 Å². The maximum Gasteiger partial charge on any atom is 0.124 e. The van der Waals surface area contributed by atoms with Gasteiger partial charge in [-0.05, 0) is 23.6 Å². The molecule has 0 saturated heterocycles. The molecule has 2 aromatic carbocycles. The van der Waals surface area contributed by atoms with Gasteiger partial charge in [0.05, 0.1) is 13.2 Å². The van der Waals surface area contributed by atoms with Gasteiger partial charge in [-0.1, -0.05) is 55.8 Å². The minimum Gasteiger partial charge on any atom is -0.496 e. The van der Waals surface area contributed by atoms with Crippen LogP contribution < -0.4 is 16.0 Å². The second kappa shape index (κ2) is 7.08. The first-order valence-corrected chi connectivity index (χ1v) is 6.98. The Labute approximate surface area is 120 Å². The van der Waals surface area contributed by atoms with E-state index in [0.29, 0.717) is 0 Å². The average Bonchev–Trinajstić information content (AvgIpc) is 2.49. The van der Waals surface area contributed by atoms with Crippen LogP contribution in [0.25, 0.3) is 0 Å². The highest BCUT2D eigenvalue weighted by atomic mass is 16.5. The molecule has 0 amide bonds. The van der Waals surface area contributed by atoms with E-state index in [1.165, 1.54) is 5.56 Å². The van der Waals surface area contributed by atoms with Crippen LogP contribution >= 0.6 is 0 Å². The van der Waals surface area contributed by atoms with Crippen molar-refractivity contribution in [3.05, 3.63) is 65.2 Å². The number of hydrogen-bond acceptors (Lipinski definition) is 3. The van der Waals surface area contributed by atoms with Crippen molar-refractivity contribution in [2.24, 2.45) is 5.84 Å². The molecule has 0 aliphatic rings. The summed E-state index contributed by atoms with van der Waals surface area (Å²) >= 11 is 0. The predicted octanol–water partition coefficient (Wildman–Crippen LogP) is 3.20. The molecule has 0 bridgehead atoms. The van der Waals surface area contributed by atoms with Gasteiger partial charge in [0.2, 0.25) is 0 Å². The van der Waals surface area contributed by atoms with E-state index in [4.69, 9.17) is 10.6 Å². The zero-order chi connectivity index (χ0) is 14.4. The molecule has 2 rings (SSSR count). The Hall–Kier alpha value is -1.84. The lowest BCUT2D eigenvalue weighted by atomic mass is 9.96. The Morgan fingerprint density at radius 2 is 1.95 bits per heavy atom. The van der Waals surface area contributed by atoms with Crippen LogP contribution in [0.3, 0.4) is 0 Å². The van der Waals surface area contributed by atoms with E-state index in [0.717, 1.165) is 29.7 Å². The Morgan fingerprint density at radius 3 is 2.65 bits per heavy atom. The quantitative estimate of drug-likeness (QED) is 0.626. The first kappa shape index (κ1) is 14.6. The van der Waals surface area contributed by atoms with Crippen molar-refractivity contribution >= 4 is 0 Å². The van der Waals surface area contributed by atoms with Crippen LogP contribution in [0, 0.1) is 0 Å². The fourth-order valence-electron chi connectivity index (χ4n) is 2.49. The van der Waals surface area contributed by atoms with Gasteiger partial charge in [0.1, 0.15) is 5.75 Å². The summed E-state index contributed by atoms with van der Waals surface area (Å²) in [5, 5.41) is 0. The highest BCUT2D eigenvalue weighted by molar-refractivity contribution is 5.42. The molecule has 0 heterocycles. The lowest BCUT2D eigenvalue weighted by Crippen LogP contribution is -2.29. The number of para-hydroxylation sites is 1. The second-order valence-electron chi connectivity index (χ2n) is 4.84. The predicted molar refractivity (Wildman–Crippen MR) is 82.6 cm³/mol. The number of methoxy groups -OCH3 is 1. The van der Waals surface area contributed by atoms with Crippen LogP contribution in [-0.2, 0) is 6.42 Å². The summed E-state index contributed by atoms with van der Waals surface area (Å²) in [6, 6.07) is 16.4. The van der Waals surface area contributed by atoms with E-state index < -0.39 is 0 Å². The molecule has 20 heavy (non-hydrogen) atoms. The first-order valence-electron chi connectivity index (χ1n) is 6.98. The number of rotatable bonds is 6. The molecule has 3 nitrogen and oxygen atoms in total. The summed E-state index contributed by atoms with van der Waals surface area (Å²) in [6.07, 6.45) is 2.22.